The minimum Gasteiger partial charge on any atom is -0.495 e. The van der Waals surface area contributed by atoms with Crippen molar-refractivity contribution in [1.82, 2.24) is 4.31 Å². The van der Waals surface area contributed by atoms with Gasteiger partial charge in [-0.1, -0.05) is 13.8 Å². The van der Waals surface area contributed by atoms with E-state index in [1.807, 2.05) is 0 Å². The molecule has 1 amide bonds. The van der Waals surface area contributed by atoms with Crippen LogP contribution in [0.3, 0.4) is 0 Å². The number of sulfonamides is 1. The summed E-state index contributed by atoms with van der Waals surface area (Å²) in [6.07, 6.45) is 0. The van der Waals surface area contributed by atoms with Crippen molar-refractivity contribution in [3.63, 3.8) is 0 Å². The maximum atomic E-state index is 12.8. The number of hydrogen-bond acceptors (Lipinski definition) is 7. The molecule has 0 atom stereocenters. The fourth-order valence-corrected chi connectivity index (χ4v) is 4.36. The number of methoxy groups -OCH3 is 2. The Bertz CT molecular complexity index is 1020. The van der Waals surface area contributed by atoms with Crippen LogP contribution in [-0.2, 0) is 19.6 Å². The van der Waals surface area contributed by atoms with E-state index in [2.05, 4.69) is 15.4 Å². The summed E-state index contributed by atoms with van der Waals surface area (Å²) >= 11 is 0. The van der Waals surface area contributed by atoms with Gasteiger partial charge in [0.05, 0.1) is 36.9 Å². The van der Waals surface area contributed by atoms with Gasteiger partial charge in [-0.15, -0.1) is 0 Å². The van der Waals surface area contributed by atoms with E-state index in [1.165, 1.54) is 36.7 Å². The number of benzene rings is 2. The van der Waals surface area contributed by atoms with Gasteiger partial charge in [0.15, 0.2) is 0 Å². The van der Waals surface area contributed by atoms with Gasteiger partial charge in [-0.05, 0) is 42.5 Å². The first-order valence-corrected chi connectivity index (χ1v) is 11.1. The zero-order valence-corrected chi connectivity index (χ0v) is 18.8. The molecule has 0 aromatic heterocycles. The molecule has 10 heteroatoms. The molecule has 0 bridgehead atoms. The summed E-state index contributed by atoms with van der Waals surface area (Å²) < 4.78 is 36.8. The molecule has 168 valence electrons. The second-order valence-electron chi connectivity index (χ2n) is 6.42. The normalized spacial score (nSPS) is 11.1. The van der Waals surface area contributed by atoms with Crippen molar-refractivity contribution >= 4 is 33.3 Å². The van der Waals surface area contributed by atoms with Crippen LogP contribution in [0.5, 0.6) is 5.75 Å². The number of anilines is 2. The van der Waals surface area contributed by atoms with E-state index in [9.17, 15) is 18.0 Å². The standard InChI is InChI=1S/C21H27N3O6S/c1-5-24(6-2)31(27,28)17-11-12-19(29-3)18(13-17)23-20(25)14-22-16-9-7-15(8-10-16)21(26)30-4/h7-13,22H,5-6,14H2,1-4H3,(H,23,25). The van der Waals surface area contributed by atoms with Gasteiger partial charge in [-0.25, -0.2) is 13.2 Å². The Morgan fingerprint density at radius 2 is 1.65 bits per heavy atom. The summed E-state index contributed by atoms with van der Waals surface area (Å²) in [6, 6.07) is 10.8. The average Bonchev–Trinajstić information content (AvgIpc) is 2.78. The summed E-state index contributed by atoms with van der Waals surface area (Å²) in [5.74, 6) is -0.502. The van der Waals surface area contributed by atoms with Crippen LogP contribution in [0.15, 0.2) is 47.4 Å². The predicted octanol–water partition coefficient (Wildman–Crippen LogP) is 2.56. The number of nitrogens with one attached hydrogen (secondary N) is 2. The molecule has 2 rings (SSSR count). The molecule has 9 nitrogen and oxygen atoms in total. The van der Waals surface area contributed by atoms with Gasteiger partial charge in [0.1, 0.15) is 5.75 Å². The zero-order valence-electron chi connectivity index (χ0n) is 18.0. The number of ether oxygens (including phenoxy) is 2. The second-order valence-corrected chi connectivity index (χ2v) is 8.36. The Balaban J connectivity index is 2.12. The van der Waals surface area contributed by atoms with Crippen LogP contribution >= 0.6 is 0 Å². The number of hydrogen-bond donors (Lipinski definition) is 2. The molecule has 0 heterocycles. The molecular formula is C21H27N3O6S. The molecule has 0 aliphatic heterocycles. The molecule has 0 unspecified atom stereocenters. The first-order chi connectivity index (χ1) is 14.8. The number of rotatable bonds is 10. The lowest BCUT2D eigenvalue weighted by molar-refractivity contribution is -0.114. The van der Waals surface area contributed by atoms with Gasteiger partial charge in [-0.3, -0.25) is 4.79 Å². The molecule has 0 spiro atoms. The summed E-state index contributed by atoms with van der Waals surface area (Å²) in [7, 11) is -0.944. The number of carbonyl (C=O) groups excluding carboxylic acids is 2. The van der Waals surface area contributed by atoms with Crippen LogP contribution in [0.4, 0.5) is 11.4 Å². The Labute approximate surface area is 182 Å². The van der Waals surface area contributed by atoms with Gasteiger partial charge in [-0.2, -0.15) is 4.31 Å². The Morgan fingerprint density at radius 1 is 1.00 bits per heavy atom. The third kappa shape index (κ3) is 5.96. The van der Waals surface area contributed by atoms with E-state index < -0.39 is 21.9 Å². The average molecular weight is 450 g/mol. The first-order valence-electron chi connectivity index (χ1n) is 9.67. The Kier molecular flexibility index (Phi) is 8.40. The van der Waals surface area contributed by atoms with Gasteiger partial charge in [0.25, 0.3) is 0 Å². The van der Waals surface area contributed by atoms with Crippen molar-refractivity contribution < 1.29 is 27.5 Å². The zero-order chi connectivity index (χ0) is 23.0. The van der Waals surface area contributed by atoms with Gasteiger partial charge in [0.2, 0.25) is 15.9 Å². The molecule has 2 aromatic carbocycles. The van der Waals surface area contributed by atoms with Crippen LogP contribution in [0.2, 0.25) is 0 Å². The minimum atomic E-state index is -3.68. The second kappa shape index (κ2) is 10.8. The molecule has 0 radical (unpaired) electrons. The fourth-order valence-electron chi connectivity index (χ4n) is 2.88. The highest BCUT2D eigenvalue weighted by atomic mass is 32.2. The number of amides is 1. The van der Waals surface area contributed by atoms with Crippen molar-refractivity contribution in [1.29, 1.82) is 0 Å². The van der Waals surface area contributed by atoms with E-state index in [0.717, 1.165) is 0 Å². The van der Waals surface area contributed by atoms with Crippen molar-refractivity contribution in [2.45, 2.75) is 18.7 Å². The van der Waals surface area contributed by atoms with E-state index >= 15 is 0 Å². The molecule has 2 N–H and O–H groups in total. The molecular weight excluding hydrogens is 422 g/mol. The molecule has 31 heavy (non-hydrogen) atoms. The number of esters is 1. The molecule has 0 aliphatic rings. The molecule has 0 saturated carbocycles. The summed E-state index contributed by atoms with van der Waals surface area (Å²) in [5.41, 5.74) is 1.28. The quantitative estimate of drug-likeness (QED) is 0.536. The molecule has 2 aromatic rings. The number of carbonyl (C=O) groups is 2. The Hall–Kier alpha value is -3.11. The smallest absolute Gasteiger partial charge is 0.337 e. The predicted molar refractivity (Wildman–Crippen MR) is 118 cm³/mol. The van der Waals surface area contributed by atoms with Crippen LogP contribution < -0.4 is 15.4 Å². The number of nitrogens with zero attached hydrogens (tertiary/aromatic N) is 1. The SMILES string of the molecule is CCN(CC)S(=O)(=O)c1ccc(OC)c(NC(=O)CNc2ccc(C(=O)OC)cc2)c1. The lowest BCUT2D eigenvalue weighted by Crippen LogP contribution is -2.30. The lowest BCUT2D eigenvalue weighted by atomic mass is 10.2. The lowest BCUT2D eigenvalue weighted by Gasteiger charge is -2.19. The summed E-state index contributed by atoms with van der Waals surface area (Å²) in [6.45, 7) is 4.12. The summed E-state index contributed by atoms with van der Waals surface area (Å²) in [4.78, 5) is 24.0. The van der Waals surface area contributed by atoms with Crippen LogP contribution in [0.1, 0.15) is 24.2 Å². The van der Waals surface area contributed by atoms with Gasteiger partial charge >= 0.3 is 5.97 Å². The first kappa shape index (κ1) is 24.2. The molecule has 0 aliphatic carbocycles. The van der Waals surface area contributed by atoms with Crippen LogP contribution in [0.25, 0.3) is 0 Å². The topological polar surface area (TPSA) is 114 Å². The van der Waals surface area contributed by atoms with E-state index in [1.54, 1.807) is 38.1 Å². The van der Waals surface area contributed by atoms with E-state index in [-0.39, 0.29) is 17.1 Å². The molecule has 0 fully saturated rings. The third-order valence-electron chi connectivity index (χ3n) is 4.55. The highest BCUT2D eigenvalue weighted by Gasteiger charge is 2.23. The van der Waals surface area contributed by atoms with Crippen LogP contribution in [0, 0.1) is 0 Å². The van der Waals surface area contributed by atoms with Crippen molar-refractivity contribution in [3.05, 3.63) is 48.0 Å². The highest BCUT2D eigenvalue weighted by molar-refractivity contribution is 7.89. The van der Waals surface area contributed by atoms with Crippen molar-refractivity contribution in [2.75, 3.05) is 44.5 Å². The molecule has 0 saturated heterocycles. The van der Waals surface area contributed by atoms with E-state index in [0.29, 0.717) is 30.1 Å². The largest absolute Gasteiger partial charge is 0.495 e. The highest BCUT2D eigenvalue weighted by Crippen LogP contribution is 2.29. The van der Waals surface area contributed by atoms with Gasteiger partial charge in [0, 0.05) is 18.8 Å². The van der Waals surface area contributed by atoms with Crippen molar-refractivity contribution in [3.8, 4) is 5.75 Å². The minimum absolute atomic E-state index is 0.0682. The Morgan fingerprint density at radius 3 is 2.19 bits per heavy atom. The fraction of sp³-hybridized carbons (Fsp3) is 0.333. The maximum absolute atomic E-state index is 12.8. The third-order valence-corrected chi connectivity index (χ3v) is 6.59. The summed E-state index contributed by atoms with van der Waals surface area (Å²) in [5, 5.41) is 5.61. The van der Waals surface area contributed by atoms with Crippen LogP contribution in [-0.4, -0.2) is 58.5 Å². The van der Waals surface area contributed by atoms with E-state index in [4.69, 9.17) is 4.74 Å². The van der Waals surface area contributed by atoms with Crippen molar-refractivity contribution in [2.24, 2.45) is 0 Å². The maximum Gasteiger partial charge on any atom is 0.337 e. The monoisotopic (exact) mass is 449 g/mol. The van der Waals surface area contributed by atoms with Gasteiger partial charge < -0.3 is 20.1 Å².